The van der Waals surface area contributed by atoms with Crippen LogP contribution in [-0.4, -0.2) is 60.6 Å². The zero-order chi connectivity index (χ0) is 12.4. The average molecular weight is 357 g/mol. The van der Waals surface area contributed by atoms with Crippen LogP contribution in [-0.2, 0) is 0 Å². The molecule has 0 aliphatic carbocycles. The fourth-order valence-electron chi connectivity index (χ4n) is 2.24. The molecule has 108 valence electrons. The first kappa shape index (κ1) is 17.1. The van der Waals surface area contributed by atoms with Gasteiger partial charge in [0.05, 0.1) is 0 Å². The van der Waals surface area contributed by atoms with Crippen molar-refractivity contribution in [3.63, 3.8) is 0 Å². The highest BCUT2D eigenvalue weighted by molar-refractivity contribution is 8.77. The SMILES string of the molecule is CC(C)C1CN(C2[NH2+]C(N(C)C)SS2)CCN1.[Br-]. The fourth-order valence-corrected chi connectivity index (χ4v) is 5.43. The molecule has 2 saturated heterocycles. The molecule has 4 nitrogen and oxygen atoms in total. The fraction of sp³-hybridized carbons (Fsp3) is 1.00. The minimum absolute atomic E-state index is 0. The van der Waals surface area contributed by atoms with Gasteiger partial charge in [-0.15, -0.1) is 0 Å². The number of piperazine rings is 1. The van der Waals surface area contributed by atoms with Crippen LogP contribution in [0.4, 0.5) is 0 Å². The van der Waals surface area contributed by atoms with Gasteiger partial charge in [0.1, 0.15) is 0 Å². The molecule has 3 N–H and O–H groups in total. The molecule has 3 unspecified atom stereocenters. The summed E-state index contributed by atoms with van der Waals surface area (Å²) in [4.78, 5) is 4.92. The number of hydrogen-bond donors (Lipinski definition) is 2. The number of nitrogens with zero attached hydrogens (tertiary/aromatic N) is 2. The van der Waals surface area contributed by atoms with Crippen LogP contribution >= 0.6 is 21.6 Å². The van der Waals surface area contributed by atoms with Crippen molar-refractivity contribution >= 4 is 21.6 Å². The van der Waals surface area contributed by atoms with Crippen molar-refractivity contribution in [2.24, 2.45) is 5.92 Å². The largest absolute Gasteiger partial charge is 1.00 e. The first-order valence-electron chi connectivity index (χ1n) is 6.39. The minimum atomic E-state index is 0. The van der Waals surface area contributed by atoms with E-state index in [1.807, 2.05) is 21.6 Å². The van der Waals surface area contributed by atoms with E-state index in [4.69, 9.17) is 0 Å². The van der Waals surface area contributed by atoms with Gasteiger partial charge in [0, 0.05) is 25.7 Å². The number of quaternary nitrogens is 1. The predicted octanol–water partition coefficient (Wildman–Crippen LogP) is -2.99. The molecule has 0 saturated carbocycles. The van der Waals surface area contributed by atoms with Crippen molar-refractivity contribution in [2.45, 2.75) is 30.9 Å². The van der Waals surface area contributed by atoms with Gasteiger partial charge in [0.15, 0.2) is 0 Å². The van der Waals surface area contributed by atoms with Crippen LogP contribution in [0, 0.1) is 5.92 Å². The second kappa shape index (κ2) is 7.71. The molecule has 2 aliphatic heterocycles. The van der Waals surface area contributed by atoms with Crippen LogP contribution in [0.2, 0.25) is 0 Å². The van der Waals surface area contributed by atoms with Crippen molar-refractivity contribution in [3.8, 4) is 0 Å². The second-order valence-corrected chi connectivity index (χ2v) is 7.93. The van der Waals surface area contributed by atoms with Crippen LogP contribution in [0.1, 0.15) is 13.8 Å². The Morgan fingerprint density at radius 2 is 2.06 bits per heavy atom. The normalized spacial score (nSPS) is 34.0. The lowest BCUT2D eigenvalue weighted by atomic mass is 10.0. The van der Waals surface area contributed by atoms with Crippen LogP contribution in [0.5, 0.6) is 0 Å². The van der Waals surface area contributed by atoms with Gasteiger partial charge < -0.3 is 22.3 Å². The molecule has 2 fully saturated rings. The highest BCUT2D eigenvalue weighted by Gasteiger charge is 2.37. The number of nitrogens with one attached hydrogen (secondary N) is 1. The molecule has 0 aromatic carbocycles. The predicted molar refractivity (Wildman–Crippen MR) is 76.6 cm³/mol. The van der Waals surface area contributed by atoms with Gasteiger partial charge in [-0.2, -0.15) is 0 Å². The first-order valence-corrected chi connectivity index (χ1v) is 8.66. The molecule has 0 amide bonds. The lowest BCUT2D eigenvalue weighted by Crippen LogP contribution is -3.00. The van der Waals surface area contributed by atoms with E-state index >= 15 is 0 Å². The standard InChI is InChI=1S/C11H24N4S2.BrH/c1-8(2)9-7-15(6-5-12-9)11-13-10(14(3)4)16-17-11;/h8-13H,5-7H2,1-4H3;1H. The number of hydrogen-bond acceptors (Lipinski definition) is 5. The van der Waals surface area contributed by atoms with E-state index in [9.17, 15) is 0 Å². The molecule has 0 spiro atoms. The molecule has 18 heavy (non-hydrogen) atoms. The van der Waals surface area contributed by atoms with E-state index in [-0.39, 0.29) is 17.0 Å². The first-order chi connectivity index (χ1) is 8.08. The third kappa shape index (κ3) is 4.26. The molecule has 7 heteroatoms. The van der Waals surface area contributed by atoms with E-state index < -0.39 is 0 Å². The maximum absolute atomic E-state index is 3.62. The lowest BCUT2D eigenvalue weighted by molar-refractivity contribution is -0.710. The van der Waals surface area contributed by atoms with Crippen molar-refractivity contribution in [1.82, 2.24) is 15.1 Å². The summed E-state index contributed by atoms with van der Waals surface area (Å²) in [5.41, 5.74) is 1.16. The Morgan fingerprint density at radius 3 is 2.61 bits per heavy atom. The van der Waals surface area contributed by atoms with Gasteiger partial charge in [0.25, 0.3) is 0 Å². The molecule has 0 radical (unpaired) electrons. The summed E-state index contributed by atoms with van der Waals surface area (Å²) in [5, 5.41) is 6.11. The van der Waals surface area contributed by atoms with Gasteiger partial charge in [-0.05, 0) is 41.6 Å². The van der Waals surface area contributed by atoms with E-state index in [2.05, 4.69) is 48.4 Å². The summed E-state index contributed by atoms with van der Waals surface area (Å²) in [7, 11) is 8.32. The quantitative estimate of drug-likeness (QED) is 0.527. The van der Waals surface area contributed by atoms with Crippen LogP contribution < -0.4 is 27.6 Å². The Kier molecular flexibility index (Phi) is 7.31. The average Bonchev–Trinajstić information content (AvgIpc) is 2.78. The monoisotopic (exact) mass is 356 g/mol. The van der Waals surface area contributed by atoms with Crippen LogP contribution in [0.25, 0.3) is 0 Å². The third-order valence-electron chi connectivity index (χ3n) is 3.49. The smallest absolute Gasteiger partial charge is 0.202 e. The maximum Gasteiger partial charge on any atom is 0.202 e. The topological polar surface area (TPSA) is 35.1 Å². The summed E-state index contributed by atoms with van der Waals surface area (Å²) in [6.07, 6.45) is 0. The van der Waals surface area contributed by atoms with Crippen LogP contribution in [0.3, 0.4) is 0 Å². The van der Waals surface area contributed by atoms with E-state index in [0.717, 1.165) is 12.5 Å². The van der Waals surface area contributed by atoms with E-state index in [0.29, 0.717) is 17.0 Å². The summed E-state index contributed by atoms with van der Waals surface area (Å²) in [6.45, 7) is 8.11. The maximum atomic E-state index is 3.62. The molecule has 0 aromatic rings. The molecule has 3 atom stereocenters. The highest BCUT2D eigenvalue weighted by atomic mass is 79.9. The van der Waals surface area contributed by atoms with Gasteiger partial charge in [0.2, 0.25) is 11.0 Å². The molecule has 0 bridgehead atoms. The Balaban J connectivity index is 0.00000162. The molecular weight excluding hydrogens is 332 g/mol. The van der Waals surface area contributed by atoms with Gasteiger partial charge in [-0.25, -0.2) is 4.90 Å². The molecule has 2 aliphatic rings. The number of nitrogens with two attached hydrogens (primary N) is 1. The van der Waals surface area contributed by atoms with Crippen molar-refractivity contribution in [3.05, 3.63) is 0 Å². The van der Waals surface area contributed by atoms with Crippen molar-refractivity contribution < 1.29 is 22.3 Å². The summed E-state index contributed by atoms with van der Waals surface area (Å²) < 4.78 is 0. The molecular formula is C11H25BrN4S2. The third-order valence-corrected chi connectivity index (χ3v) is 6.55. The summed E-state index contributed by atoms with van der Waals surface area (Å²) in [6, 6.07) is 0.654. The summed E-state index contributed by atoms with van der Waals surface area (Å²) >= 11 is 0. The second-order valence-electron chi connectivity index (χ2n) is 5.43. The van der Waals surface area contributed by atoms with Gasteiger partial charge >= 0.3 is 0 Å². The summed E-state index contributed by atoms with van der Waals surface area (Å²) in [5.74, 6) is 0.724. The van der Waals surface area contributed by atoms with Gasteiger partial charge in [-0.3, -0.25) is 10.2 Å². The molecule has 0 aromatic heterocycles. The Morgan fingerprint density at radius 1 is 1.33 bits per heavy atom. The Labute approximate surface area is 129 Å². The van der Waals surface area contributed by atoms with E-state index in [1.165, 1.54) is 13.1 Å². The molecule has 2 heterocycles. The van der Waals surface area contributed by atoms with Crippen molar-refractivity contribution in [2.75, 3.05) is 33.7 Å². The van der Waals surface area contributed by atoms with Crippen molar-refractivity contribution in [1.29, 1.82) is 0 Å². The number of halogens is 1. The van der Waals surface area contributed by atoms with E-state index in [1.54, 1.807) is 0 Å². The molecule has 2 rings (SSSR count). The zero-order valence-corrected chi connectivity index (χ0v) is 14.8. The lowest BCUT2D eigenvalue weighted by Gasteiger charge is -2.36. The minimum Gasteiger partial charge on any atom is -1.00 e. The van der Waals surface area contributed by atoms with Crippen LogP contribution in [0.15, 0.2) is 0 Å². The zero-order valence-electron chi connectivity index (χ0n) is 11.6. The highest BCUT2D eigenvalue weighted by Crippen LogP contribution is 2.33. The Bertz CT molecular complexity index is 255. The van der Waals surface area contributed by atoms with Gasteiger partial charge in [-0.1, -0.05) is 13.8 Å². The Hall–Kier alpha value is 1.02. The number of rotatable bonds is 3.